The molecule has 0 bridgehead atoms. The van der Waals surface area contributed by atoms with Crippen LogP contribution < -0.4 is 14.8 Å². The molecule has 162 valence electrons. The number of nitrogens with zero attached hydrogens (tertiary/aromatic N) is 1. The number of para-hydroxylation sites is 1. The molecule has 1 heterocycles. The Bertz CT molecular complexity index is 1180. The van der Waals surface area contributed by atoms with Crippen molar-refractivity contribution in [2.45, 2.75) is 13.5 Å². The molecule has 3 aromatic rings. The highest BCUT2D eigenvalue weighted by atomic mass is 127. The number of amidine groups is 1. The van der Waals surface area contributed by atoms with Gasteiger partial charge in [-0.3, -0.25) is 4.79 Å². The zero-order valence-corrected chi connectivity index (χ0v) is 20.4. The molecule has 1 fully saturated rings. The van der Waals surface area contributed by atoms with E-state index in [2.05, 4.69) is 32.9 Å². The first kappa shape index (κ1) is 22.4. The van der Waals surface area contributed by atoms with Gasteiger partial charge in [-0.1, -0.05) is 48.5 Å². The molecule has 0 aliphatic carbocycles. The number of carbonyl (C=O) groups is 1. The van der Waals surface area contributed by atoms with Crippen molar-refractivity contribution >= 4 is 57.2 Å². The number of amides is 1. The predicted molar refractivity (Wildman–Crippen MR) is 138 cm³/mol. The second-order valence-electron chi connectivity index (χ2n) is 6.85. The van der Waals surface area contributed by atoms with Gasteiger partial charge < -0.3 is 14.8 Å². The number of hydrogen-bond acceptors (Lipinski definition) is 5. The fraction of sp³-hybridized carbons (Fsp3) is 0.120. The number of carbonyl (C=O) groups excluding carboxylic acids is 1. The molecule has 1 aliphatic rings. The zero-order chi connectivity index (χ0) is 22.3. The molecule has 1 amide bonds. The first-order valence-corrected chi connectivity index (χ1v) is 12.0. The number of benzene rings is 3. The Labute approximate surface area is 205 Å². The molecule has 3 aromatic carbocycles. The van der Waals surface area contributed by atoms with Gasteiger partial charge in [0.1, 0.15) is 6.61 Å². The van der Waals surface area contributed by atoms with Gasteiger partial charge in [-0.2, -0.15) is 0 Å². The maximum atomic E-state index is 12.5. The van der Waals surface area contributed by atoms with Crippen LogP contribution in [0.5, 0.6) is 11.5 Å². The average Bonchev–Trinajstić information content (AvgIpc) is 3.14. The van der Waals surface area contributed by atoms with E-state index in [1.165, 1.54) is 11.8 Å². The Morgan fingerprint density at radius 1 is 1.00 bits per heavy atom. The van der Waals surface area contributed by atoms with Gasteiger partial charge in [-0.25, -0.2) is 4.99 Å². The Kier molecular flexibility index (Phi) is 7.49. The lowest BCUT2D eigenvalue weighted by atomic mass is 10.2. The van der Waals surface area contributed by atoms with Crippen molar-refractivity contribution in [2.75, 3.05) is 6.61 Å². The summed E-state index contributed by atoms with van der Waals surface area (Å²) in [5.41, 5.74) is 2.77. The Hall–Kier alpha value is -2.78. The van der Waals surface area contributed by atoms with Gasteiger partial charge in [-0.05, 0) is 82.7 Å². The quantitative estimate of drug-likeness (QED) is 0.280. The van der Waals surface area contributed by atoms with Gasteiger partial charge in [0.2, 0.25) is 0 Å². The fourth-order valence-electron chi connectivity index (χ4n) is 3.02. The summed E-state index contributed by atoms with van der Waals surface area (Å²) in [6.07, 6.45) is 1.84. The maximum Gasteiger partial charge on any atom is 0.264 e. The molecule has 0 atom stereocenters. The highest BCUT2D eigenvalue weighted by molar-refractivity contribution is 14.1. The van der Waals surface area contributed by atoms with Gasteiger partial charge in [-0.15, -0.1) is 0 Å². The minimum Gasteiger partial charge on any atom is -0.490 e. The predicted octanol–water partition coefficient (Wildman–Crippen LogP) is 6.16. The summed E-state index contributed by atoms with van der Waals surface area (Å²) in [7, 11) is 0. The normalized spacial score (nSPS) is 15.8. The molecule has 0 saturated carbocycles. The molecule has 1 aliphatic heterocycles. The molecule has 0 unspecified atom stereocenters. The molecule has 0 aromatic heterocycles. The van der Waals surface area contributed by atoms with Gasteiger partial charge in [0.15, 0.2) is 16.7 Å². The molecular weight excluding hydrogens is 535 g/mol. The minimum atomic E-state index is -0.165. The van der Waals surface area contributed by atoms with Gasteiger partial charge in [0, 0.05) is 3.57 Å². The van der Waals surface area contributed by atoms with Crippen LogP contribution in [0.2, 0.25) is 0 Å². The molecule has 1 saturated heterocycles. The van der Waals surface area contributed by atoms with E-state index >= 15 is 0 Å². The summed E-state index contributed by atoms with van der Waals surface area (Å²) in [6, 6.07) is 23.5. The minimum absolute atomic E-state index is 0.165. The highest BCUT2D eigenvalue weighted by Crippen LogP contribution is 2.33. The number of aliphatic imine (C=N–C) groups is 1. The van der Waals surface area contributed by atoms with E-state index in [0.717, 1.165) is 20.4 Å². The molecule has 4 rings (SSSR count). The van der Waals surface area contributed by atoms with E-state index in [1.54, 1.807) is 0 Å². The summed E-state index contributed by atoms with van der Waals surface area (Å²) in [6.45, 7) is 2.90. The van der Waals surface area contributed by atoms with Crippen LogP contribution in [0.3, 0.4) is 0 Å². The maximum absolute atomic E-state index is 12.5. The highest BCUT2D eigenvalue weighted by Gasteiger charge is 2.24. The van der Waals surface area contributed by atoms with Gasteiger partial charge in [0.25, 0.3) is 5.91 Å². The molecule has 5 nitrogen and oxygen atoms in total. The number of nitrogens with one attached hydrogen (secondary N) is 1. The fourth-order valence-corrected chi connectivity index (χ4v) is 4.36. The van der Waals surface area contributed by atoms with Crippen molar-refractivity contribution in [3.05, 3.63) is 92.4 Å². The van der Waals surface area contributed by atoms with Gasteiger partial charge in [0.05, 0.1) is 17.2 Å². The summed E-state index contributed by atoms with van der Waals surface area (Å²) in [5, 5.41) is 3.40. The molecule has 0 radical (unpaired) electrons. The van der Waals surface area contributed by atoms with Gasteiger partial charge >= 0.3 is 0 Å². The summed E-state index contributed by atoms with van der Waals surface area (Å²) < 4.78 is 12.8. The number of halogens is 1. The topological polar surface area (TPSA) is 59.9 Å². The Morgan fingerprint density at radius 3 is 2.56 bits per heavy atom. The van der Waals surface area contributed by atoms with Crippen LogP contribution in [-0.4, -0.2) is 17.7 Å². The van der Waals surface area contributed by atoms with E-state index in [0.29, 0.717) is 34.8 Å². The van der Waals surface area contributed by atoms with Crippen molar-refractivity contribution in [1.82, 2.24) is 5.32 Å². The van der Waals surface area contributed by atoms with Crippen LogP contribution in [0.15, 0.2) is 82.7 Å². The average molecular weight is 556 g/mol. The molecule has 0 spiro atoms. The zero-order valence-electron chi connectivity index (χ0n) is 17.4. The molecule has 1 N–H and O–H groups in total. The smallest absolute Gasteiger partial charge is 0.264 e. The molecule has 7 heteroatoms. The summed E-state index contributed by atoms with van der Waals surface area (Å²) >= 11 is 3.55. The van der Waals surface area contributed by atoms with Crippen LogP contribution in [-0.2, 0) is 11.4 Å². The van der Waals surface area contributed by atoms with Crippen molar-refractivity contribution in [3.8, 4) is 11.5 Å². The lowest BCUT2D eigenvalue weighted by Crippen LogP contribution is -2.19. The summed E-state index contributed by atoms with van der Waals surface area (Å²) in [4.78, 5) is 17.6. The monoisotopic (exact) mass is 556 g/mol. The molecular formula is C25H21IN2O3S. The number of hydrogen-bond donors (Lipinski definition) is 1. The van der Waals surface area contributed by atoms with E-state index in [4.69, 9.17) is 9.47 Å². The van der Waals surface area contributed by atoms with Crippen molar-refractivity contribution in [1.29, 1.82) is 0 Å². The standard InChI is InChI=1S/C25H21IN2O3S/c1-2-30-22-14-18(12-13-21(22)31-16-17-8-4-3-5-9-17)15-23-24(29)28-25(32-23)27-20-11-7-6-10-19(20)26/h3-15H,2,16H2,1H3,(H,27,28,29)/b23-15+. The van der Waals surface area contributed by atoms with Crippen LogP contribution in [0.25, 0.3) is 6.08 Å². The third kappa shape index (κ3) is 5.72. The van der Waals surface area contributed by atoms with Crippen LogP contribution >= 0.6 is 34.4 Å². The largest absolute Gasteiger partial charge is 0.490 e. The second-order valence-corrected chi connectivity index (χ2v) is 9.04. The van der Waals surface area contributed by atoms with E-state index in [-0.39, 0.29) is 5.91 Å². The first-order chi connectivity index (χ1) is 15.6. The third-order valence-electron chi connectivity index (χ3n) is 4.53. The van der Waals surface area contributed by atoms with E-state index in [1.807, 2.05) is 85.8 Å². The van der Waals surface area contributed by atoms with Crippen molar-refractivity contribution in [3.63, 3.8) is 0 Å². The van der Waals surface area contributed by atoms with Crippen LogP contribution in [0.1, 0.15) is 18.1 Å². The number of rotatable bonds is 7. The van der Waals surface area contributed by atoms with E-state index < -0.39 is 0 Å². The van der Waals surface area contributed by atoms with Crippen molar-refractivity contribution < 1.29 is 14.3 Å². The SMILES string of the molecule is CCOc1cc(/C=C2/SC(=Nc3ccccc3I)NC2=O)ccc1OCc1ccccc1. The van der Waals surface area contributed by atoms with Crippen LogP contribution in [0, 0.1) is 3.57 Å². The Morgan fingerprint density at radius 2 is 1.78 bits per heavy atom. The third-order valence-corrected chi connectivity index (χ3v) is 6.35. The van der Waals surface area contributed by atoms with Crippen molar-refractivity contribution in [2.24, 2.45) is 4.99 Å². The molecule has 32 heavy (non-hydrogen) atoms. The lowest BCUT2D eigenvalue weighted by molar-refractivity contribution is -0.115. The second kappa shape index (κ2) is 10.7. The number of ether oxygens (including phenoxy) is 2. The Balaban J connectivity index is 1.52. The summed E-state index contributed by atoms with van der Waals surface area (Å²) in [5.74, 6) is 1.15. The first-order valence-electron chi connectivity index (χ1n) is 10.1. The lowest BCUT2D eigenvalue weighted by Gasteiger charge is -2.13. The number of thioether (sulfide) groups is 1. The van der Waals surface area contributed by atoms with E-state index in [9.17, 15) is 4.79 Å². The van der Waals surface area contributed by atoms with Crippen LogP contribution in [0.4, 0.5) is 5.69 Å².